The van der Waals surface area contributed by atoms with Crippen LogP contribution in [0.2, 0.25) is 5.02 Å². The lowest BCUT2D eigenvalue weighted by Crippen LogP contribution is -2.29. The number of nitrogens with zero attached hydrogens (tertiary/aromatic N) is 4. The van der Waals surface area contributed by atoms with Crippen LogP contribution in [0.5, 0.6) is 5.75 Å². The number of nitrogens with one attached hydrogen (secondary N) is 1. The van der Waals surface area contributed by atoms with Gasteiger partial charge in [0.2, 0.25) is 0 Å². The Morgan fingerprint density at radius 3 is 2.59 bits per heavy atom. The van der Waals surface area contributed by atoms with Gasteiger partial charge in [-0.25, -0.2) is 0 Å². The number of hydrogen-bond acceptors (Lipinski definition) is 4. The smallest absolute Gasteiger partial charge is 0.174 e. The Morgan fingerprint density at radius 1 is 1.06 bits per heavy atom. The molecule has 4 aromatic rings. The molecule has 0 saturated carbocycles. The van der Waals surface area contributed by atoms with Crippen molar-refractivity contribution in [2.45, 2.75) is 32.5 Å². The van der Waals surface area contributed by atoms with Gasteiger partial charge in [-0.3, -0.25) is 9.97 Å². The quantitative estimate of drug-likeness (QED) is 0.362. The van der Waals surface area contributed by atoms with Crippen molar-refractivity contribution in [3.05, 3.63) is 106 Å². The van der Waals surface area contributed by atoms with Crippen LogP contribution in [0.25, 0.3) is 0 Å². The summed E-state index contributed by atoms with van der Waals surface area (Å²) in [5.74, 6) is 0.116. The van der Waals surface area contributed by atoms with E-state index in [1.807, 2.05) is 47.6 Å². The van der Waals surface area contributed by atoms with Crippen molar-refractivity contribution < 1.29 is 5.11 Å². The van der Waals surface area contributed by atoms with E-state index in [4.69, 9.17) is 23.8 Å². The third-order valence-corrected chi connectivity index (χ3v) is 6.87. The van der Waals surface area contributed by atoms with Gasteiger partial charge in [-0.1, -0.05) is 17.7 Å². The van der Waals surface area contributed by atoms with E-state index in [1.54, 1.807) is 24.4 Å². The van der Waals surface area contributed by atoms with Crippen LogP contribution in [0.3, 0.4) is 0 Å². The summed E-state index contributed by atoms with van der Waals surface area (Å²) in [6, 6.07) is 16.7. The minimum absolute atomic E-state index is 0.116. The molecule has 34 heavy (non-hydrogen) atoms. The largest absolute Gasteiger partial charge is 0.506 e. The molecule has 0 spiro atoms. The first kappa shape index (κ1) is 22.4. The first-order chi connectivity index (χ1) is 16.4. The maximum absolute atomic E-state index is 10.7. The second kappa shape index (κ2) is 9.08. The van der Waals surface area contributed by atoms with Crippen LogP contribution in [0.1, 0.15) is 40.3 Å². The molecule has 8 heteroatoms. The molecular weight excluding hydrogens is 466 g/mol. The molecule has 4 heterocycles. The molecule has 6 nitrogen and oxygen atoms in total. The number of hydrogen-bond donors (Lipinski definition) is 2. The lowest BCUT2D eigenvalue weighted by atomic mass is 9.96. The van der Waals surface area contributed by atoms with Crippen LogP contribution >= 0.6 is 23.8 Å². The van der Waals surface area contributed by atoms with Gasteiger partial charge in [0.05, 0.1) is 23.5 Å². The maximum Gasteiger partial charge on any atom is 0.174 e. The SMILES string of the molecule is Cc1cc([C@@H]2[C@H](c3ccccn3)NC(=S)N2c2cc(Cl)ccc2O)c(C)n1Cc1ccncc1. The van der Waals surface area contributed by atoms with E-state index in [9.17, 15) is 5.11 Å². The zero-order valence-corrected chi connectivity index (χ0v) is 20.4. The third kappa shape index (κ3) is 4.02. The summed E-state index contributed by atoms with van der Waals surface area (Å²) in [7, 11) is 0. The van der Waals surface area contributed by atoms with Crippen LogP contribution < -0.4 is 10.2 Å². The summed E-state index contributed by atoms with van der Waals surface area (Å²) < 4.78 is 2.29. The molecule has 1 aromatic carbocycles. The third-order valence-electron chi connectivity index (χ3n) is 6.32. The molecule has 0 amide bonds. The van der Waals surface area contributed by atoms with E-state index in [0.29, 0.717) is 15.8 Å². The van der Waals surface area contributed by atoms with E-state index >= 15 is 0 Å². The Balaban J connectivity index is 1.65. The molecule has 0 aliphatic carbocycles. The van der Waals surface area contributed by atoms with E-state index in [1.165, 1.54) is 5.56 Å². The van der Waals surface area contributed by atoms with Crippen molar-refractivity contribution in [3.63, 3.8) is 0 Å². The normalized spacial score (nSPS) is 17.7. The van der Waals surface area contributed by atoms with Crippen LogP contribution in [0.15, 0.2) is 73.2 Å². The summed E-state index contributed by atoms with van der Waals surface area (Å²) in [6.07, 6.45) is 5.40. The number of anilines is 1. The van der Waals surface area contributed by atoms with Crippen molar-refractivity contribution in [1.82, 2.24) is 19.9 Å². The Kier molecular flexibility index (Phi) is 5.98. The van der Waals surface area contributed by atoms with Crippen LogP contribution in [-0.2, 0) is 6.54 Å². The summed E-state index contributed by atoms with van der Waals surface area (Å²) in [6.45, 7) is 4.97. The number of halogens is 1. The fourth-order valence-corrected chi connectivity index (χ4v) is 5.17. The molecule has 0 bridgehead atoms. The molecule has 1 aliphatic heterocycles. The van der Waals surface area contributed by atoms with Gasteiger partial charge in [0.25, 0.3) is 0 Å². The van der Waals surface area contributed by atoms with Gasteiger partial charge < -0.3 is 19.9 Å². The molecule has 3 aromatic heterocycles. The van der Waals surface area contributed by atoms with E-state index < -0.39 is 0 Å². The lowest BCUT2D eigenvalue weighted by molar-refractivity contribution is 0.472. The molecule has 0 unspecified atom stereocenters. The maximum atomic E-state index is 10.7. The molecule has 1 saturated heterocycles. The zero-order valence-electron chi connectivity index (χ0n) is 18.8. The van der Waals surface area contributed by atoms with Crippen molar-refractivity contribution in [2.75, 3.05) is 4.90 Å². The number of pyridine rings is 2. The average molecular weight is 490 g/mol. The number of aromatic hydroxyl groups is 1. The summed E-state index contributed by atoms with van der Waals surface area (Å²) in [4.78, 5) is 10.7. The Bertz CT molecular complexity index is 1340. The van der Waals surface area contributed by atoms with E-state index in [2.05, 4.69) is 39.8 Å². The first-order valence-corrected chi connectivity index (χ1v) is 11.8. The topological polar surface area (TPSA) is 66.2 Å². The molecular formula is C26H24ClN5OS. The molecule has 1 fully saturated rings. The second-order valence-electron chi connectivity index (χ2n) is 8.40. The average Bonchev–Trinajstić information content (AvgIpc) is 3.32. The highest BCUT2D eigenvalue weighted by atomic mass is 35.5. The molecule has 2 N–H and O–H groups in total. The Labute approximate surface area is 208 Å². The Morgan fingerprint density at radius 2 is 1.85 bits per heavy atom. The minimum Gasteiger partial charge on any atom is -0.506 e. The van der Waals surface area contributed by atoms with Gasteiger partial charge in [0, 0.05) is 41.5 Å². The predicted molar refractivity (Wildman–Crippen MR) is 138 cm³/mol. The highest BCUT2D eigenvalue weighted by Crippen LogP contribution is 2.46. The number of phenolic OH excluding ortho intramolecular Hbond substituents is 1. The van der Waals surface area contributed by atoms with Crippen LogP contribution in [0, 0.1) is 13.8 Å². The number of thiocarbonyl (C=S) groups is 1. The standard InChI is InChI=1S/C26H24ClN5OS/c1-16-13-20(17(2)31(16)15-18-8-11-28-12-9-18)25-24(21-5-3-4-10-29-21)30-26(34)32(25)22-14-19(27)6-7-23(22)33/h3-14,24-25,33H,15H2,1-2H3,(H,30,34)/t24-,25+/m0/s1. The Hall–Kier alpha value is -3.42. The zero-order chi connectivity index (χ0) is 23.8. The number of benzene rings is 1. The fourth-order valence-electron chi connectivity index (χ4n) is 4.66. The number of aromatic nitrogens is 3. The fraction of sp³-hybridized carbons (Fsp3) is 0.192. The van der Waals surface area contributed by atoms with Gasteiger partial charge >= 0.3 is 0 Å². The minimum atomic E-state index is -0.232. The molecule has 5 rings (SSSR count). The monoisotopic (exact) mass is 489 g/mol. The number of rotatable bonds is 5. The van der Waals surface area contributed by atoms with Crippen molar-refractivity contribution in [1.29, 1.82) is 0 Å². The van der Waals surface area contributed by atoms with Crippen LogP contribution in [-0.4, -0.2) is 24.8 Å². The predicted octanol–water partition coefficient (Wildman–Crippen LogP) is 5.48. The van der Waals surface area contributed by atoms with E-state index in [-0.39, 0.29) is 17.8 Å². The summed E-state index contributed by atoms with van der Waals surface area (Å²) in [5.41, 5.74) is 5.98. The van der Waals surface area contributed by atoms with Crippen LogP contribution in [0.4, 0.5) is 5.69 Å². The molecule has 0 radical (unpaired) electrons. The van der Waals surface area contributed by atoms with Gasteiger partial charge in [0.1, 0.15) is 5.75 Å². The number of phenols is 1. The van der Waals surface area contributed by atoms with E-state index in [0.717, 1.165) is 29.2 Å². The highest BCUT2D eigenvalue weighted by Gasteiger charge is 2.43. The molecule has 2 atom stereocenters. The first-order valence-electron chi connectivity index (χ1n) is 11.0. The van der Waals surface area contributed by atoms with Gasteiger partial charge in [-0.2, -0.15) is 0 Å². The highest BCUT2D eigenvalue weighted by molar-refractivity contribution is 7.80. The van der Waals surface area contributed by atoms with Crippen molar-refractivity contribution in [3.8, 4) is 5.75 Å². The lowest BCUT2D eigenvalue weighted by Gasteiger charge is -2.28. The van der Waals surface area contributed by atoms with Gasteiger partial charge in [0.15, 0.2) is 5.11 Å². The second-order valence-corrected chi connectivity index (χ2v) is 9.22. The summed E-state index contributed by atoms with van der Waals surface area (Å²) in [5, 5.41) is 15.2. The molecule has 172 valence electrons. The number of aryl methyl sites for hydroxylation is 1. The molecule has 1 aliphatic rings. The van der Waals surface area contributed by atoms with Crippen molar-refractivity contribution >= 4 is 34.6 Å². The van der Waals surface area contributed by atoms with Gasteiger partial charge in [-0.05, 0) is 85.7 Å². The summed E-state index contributed by atoms with van der Waals surface area (Å²) >= 11 is 12.1. The van der Waals surface area contributed by atoms with Crippen molar-refractivity contribution in [2.24, 2.45) is 0 Å². The van der Waals surface area contributed by atoms with Gasteiger partial charge in [-0.15, -0.1) is 0 Å².